The SMILES string of the molecule is COC[C@H]1O[C@H](OC)[C@@H](OCc2ccccc2)[C@H]1OCc1ccccc1. The third-order valence-corrected chi connectivity index (χ3v) is 4.40. The van der Waals surface area contributed by atoms with Gasteiger partial charge in [0.25, 0.3) is 0 Å². The standard InChI is InChI=1S/C21H26O5/c1-22-15-18-19(24-13-16-9-5-3-6-10-16)20(21(23-2)26-18)25-14-17-11-7-4-8-12-17/h3-12,18-21H,13-15H2,1-2H3/t18-,19+,20+,21+/m1/s1. The van der Waals surface area contributed by atoms with Crippen molar-refractivity contribution < 1.29 is 23.7 Å². The molecule has 140 valence electrons. The minimum absolute atomic E-state index is 0.241. The van der Waals surface area contributed by atoms with Gasteiger partial charge < -0.3 is 23.7 Å². The summed E-state index contributed by atoms with van der Waals surface area (Å²) in [5.41, 5.74) is 2.20. The average Bonchev–Trinajstić information content (AvgIpc) is 3.03. The van der Waals surface area contributed by atoms with Crippen LogP contribution in [0.1, 0.15) is 11.1 Å². The molecule has 0 saturated carbocycles. The summed E-state index contributed by atoms with van der Waals surface area (Å²) in [6.07, 6.45) is -1.33. The van der Waals surface area contributed by atoms with Gasteiger partial charge in [0.1, 0.15) is 18.3 Å². The molecule has 26 heavy (non-hydrogen) atoms. The van der Waals surface area contributed by atoms with Gasteiger partial charge in [-0.15, -0.1) is 0 Å². The Morgan fingerprint density at radius 1 is 0.769 bits per heavy atom. The van der Waals surface area contributed by atoms with Crippen molar-refractivity contribution in [2.45, 2.75) is 37.8 Å². The van der Waals surface area contributed by atoms with Gasteiger partial charge in [0, 0.05) is 14.2 Å². The second-order valence-corrected chi connectivity index (χ2v) is 6.26. The molecule has 0 amide bonds. The molecular formula is C21H26O5. The van der Waals surface area contributed by atoms with E-state index in [4.69, 9.17) is 23.7 Å². The van der Waals surface area contributed by atoms with Crippen molar-refractivity contribution in [3.05, 3.63) is 71.8 Å². The van der Waals surface area contributed by atoms with Crippen LogP contribution in [0.5, 0.6) is 0 Å². The van der Waals surface area contributed by atoms with Crippen LogP contribution in [0.2, 0.25) is 0 Å². The molecule has 5 nitrogen and oxygen atoms in total. The van der Waals surface area contributed by atoms with E-state index in [1.807, 2.05) is 60.7 Å². The molecule has 2 aromatic rings. The zero-order valence-corrected chi connectivity index (χ0v) is 15.2. The molecule has 2 aromatic carbocycles. The van der Waals surface area contributed by atoms with Crippen LogP contribution in [0.25, 0.3) is 0 Å². The Morgan fingerprint density at radius 3 is 1.81 bits per heavy atom. The molecule has 0 aromatic heterocycles. The van der Waals surface area contributed by atoms with E-state index in [0.717, 1.165) is 11.1 Å². The summed E-state index contributed by atoms with van der Waals surface area (Å²) in [7, 11) is 3.27. The predicted octanol–water partition coefficient (Wildman–Crippen LogP) is 3.17. The lowest BCUT2D eigenvalue weighted by molar-refractivity contribution is -0.169. The van der Waals surface area contributed by atoms with Crippen LogP contribution in [0.15, 0.2) is 60.7 Å². The van der Waals surface area contributed by atoms with Gasteiger partial charge in [0.05, 0.1) is 19.8 Å². The molecule has 0 bridgehead atoms. The van der Waals surface area contributed by atoms with Crippen molar-refractivity contribution in [1.82, 2.24) is 0 Å². The fourth-order valence-electron chi connectivity index (χ4n) is 3.09. The lowest BCUT2D eigenvalue weighted by Gasteiger charge is -2.24. The summed E-state index contributed by atoms with van der Waals surface area (Å²) in [6, 6.07) is 20.1. The van der Waals surface area contributed by atoms with Crippen LogP contribution in [0.4, 0.5) is 0 Å². The molecule has 1 saturated heterocycles. The van der Waals surface area contributed by atoms with Gasteiger partial charge in [-0.05, 0) is 11.1 Å². The number of hydrogen-bond acceptors (Lipinski definition) is 5. The molecule has 0 aliphatic carbocycles. The number of benzene rings is 2. The number of hydrogen-bond donors (Lipinski definition) is 0. The van der Waals surface area contributed by atoms with Gasteiger partial charge in [-0.25, -0.2) is 0 Å². The largest absolute Gasteiger partial charge is 0.382 e. The zero-order valence-electron chi connectivity index (χ0n) is 15.2. The summed E-state index contributed by atoms with van der Waals surface area (Å²) < 4.78 is 29.1. The Morgan fingerprint density at radius 2 is 1.31 bits per heavy atom. The van der Waals surface area contributed by atoms with Crippen LogP contribution in [0, 0.1) is 0 Å². The summed E-state index contributed by atoms with van der Waals surface area (Å²) in [5, 5.41) is 0. The normalized spacial score (nSPS) is 25.5. The zero-order chi connectivity index (χ0) is 18.2. The van der Waals surface area contributed by atoms with Crippen molar-refractivity contribution >= 4 is 0 Å². The van der Waals surface area contributed by atoms with Gasteiger partial charge in [0.2, 0.25) is 0 Å². The summed E-state index contributed by atoms with van der Waals surface area (Å²) >= 11 is 0. The number of rotatable bonds is 9. The van der Waals surface area contributed by atoms with Crippen LogP contribution in [0.3, 0.4) is 0 Å². The maximum atomic E-state index is 6.18. The highest BCUT2D eigenvalue weighted by Crippen LogP contribution is 2.29. The minimum atomic E-state index is -0.486. The second kappa shape index (κ2) is 9.80. The van der Waals surface area contributed by atoms with E-state index in [-0.39, 0.29) is 18.3 Å². The first-order chi connectivity index (χ1) is 12.8. The number of methoxy groups -OCH3 is 2. The van der Waals surface area contributed by atoms with Crippen LogP contribution in [-0.4, -0.2) is 45.4 Å². The van der Waals surface area contributed by atoms with Gasteiger partial charge in [0.15, 0.2) is 6.29 Å². The smallest absolute Gasteiger partial charge is 0.186 e. The molecule has 0 radical (unpaired) electrons. The summed E-state index contributed by atoms with van der Waals surface area (Å²) in [5.74, 6) is 0. The molecule has 1 aliphatic rings. The predicted molar refractivity (Wildman–Crippen MR) is 97.6 cm³/mol. The van der Waals surface area contributed by atoms with E-state index >= 15 is 0 Å². The maximum absolute atomic E-state index is 6.18. The van der Waals surface area contributed by atoms with Crippen molar-refractivity contribution in [1.29, 1.82) is 0 Å². The molecule has 1 fully saturated rings. The summed E-state index contributed by atoms with van der Waals surface area (Å²) in [4.78, 5) is 0. The van der Waals surface area contributed by atoms with E-state index in [0.29, 0.717) is 19.8 Å². The van der Waals surface area contributed by atoms with Gasteiger partial charge in [-0.1, -0.05) is 60.7 Å². The molecule has 1 aliphatic heterocycles. The monoisotopic (exact) mass is 358 g/mol. The first-order valence-electron chi connectivity index (χ1n) is 8.80. The van der Waals surface area contributed by atoms with Crippen molar-refractivity contribution in [3.8, 4) is 0 Å². The lowest BCUT2D eigenvalue weighted by Crippen LogP contribution is -2.39. The summed E-state index contributed by atoms with van der Waals surface area (Å²) in [6.45, 7) is 1.38. The van der Waals surface area contributed by atoms with E-state index in [2.05, 4.69) is 0 Å². The maximum Gasteiger partial charge on any atom is 0.186 e. The molecule has 5 heteroatoms. The quantitative estimate of drug-likeness (QED) is 0.689. The Hall–Kier alpha value is -1.76. The highest BCUT2D eigenvalue weighted by Gasteiger charge is 2.46. The lowest BCUT2D eigenvalue weighted by atomic mass is 10.1. The average molecular weight is 358 g/mol. The molecule has 0 unspecified atom stereocenters. The van der Waals surface area contributed by atoms with Crippen LogP contribution < -0.4 is 0 Å². The van der Waals surface area contributed by atoms with E-state index in [1.165, 1.54) is 0 Å². The first kappa shape index (κ1) is 19.0. The van der Waals surface area contributed by atoms with Crippen molar-refractivity contribution in [3.63, 3.8) is 0 Å². The Kier molecular flexibility index (Phi) is 7.17. The van der Waals surface area contributed by atoms with Gasteiger partial charge in [-0.3, -0.25) is 0 Å². The Balaban J connectivity index is 1.68. The topological polar surface area (TPSA) is 46.2 Å². The fraction of sp³-hybridized carbons (Fsp3) is 0.429. The molecule has 4 atom stereocenters. The van der Waals surface area contributed by atoms with Crippen LogP contribution in [-0.2, 0) is 36.9 Å². The highest BCUT2D eigenvalue weighted by molar-refractivity contribution is 5.14. The van der Waals surface area contributed by atoms with E-state index in [9.17, 15) is 0 Å². The number of ether oxygens (including phenoxy) is 5. The highest BCUT2D eigenvalue weighted by atomic mass is 16.7. The van der Waals surface area contributed by atoms with Crippen molar-refractivity contribution in [2.75, 3.05) is 20.8 Å². The first-order valence-corrected chi connectivity index (χ1v) is 8.80. The van der Waals surface area contributed by atoms with Crippen molar-refractivity contribution in [2.24, 2.45) is 0 Å². The van der Waals surface area contributed by atoms with Gasteiger partial charge >= 0.3 is 0 Å². The molecule has 0 spiro atoms. The molecular weight excluding hydrogens is 332 g/mol. The third kappa shape index (κ3) is 4.90. The molecule has 0 N–H and O–H groups in total. The van der Waals surface area contributed by atoms with E-state index < -0.39 is 6.29 Å². The minimum Gasteiger partial charge on any atom is -0.382 e. The second-order valence-electron chi connectivity index (χ2n) is 6.26. The third-order valence-electron chi connectivity index (χ3n) is 4.40. The fourth-order valence-corrected chi connectivity index (χ4v) is 3.09. The Labute approximate surface area is 154 Å². The molecule has 3 rings (SSSR count). The Bertz CT molecular complexity index is 633. The van der Waals surface area contributed by atoms with E-state index in [1.54, 1.807) is 14.2 Å². The molecule has 1 heterocycles. The van der Waals surface area contributed by atoms with Crippen LogP contribution >= 0.6 is 0 Å². The van der Waals surface area contributed by atoms with Gasteiger partial charge in [-0.2, -0.15) is 0 Å².